The van der Waals surface area contributed by atoms with Crippen molar-refractivity contribution < 1.29 is 4.39 Å². The molecule has 0 saturated carbocycles. The summed E-state index contributed by atoms with van der Waals surface area (Å²) in [5.74, 6) is -0.667. The van der Waals surface area contributed by atoms with Crippen molar-refractivity contribution in [1.29, 1.82) is 0 Å². The van der Waals surface area contributed by atoms with E-state index in [1.807, 2.05) is 20.8 Å². The van der Waals surface area contributed by atoms with E-state index in [0.717, 1.165) is 6.20 Å². The van der Waals surface area contributed by atoms with Gasteiger partial charge in [-0.3, -0.25) is 0 Å². The largest absolute Gasteiger partial charge is 0.381 e. The molecule has 72 valence electrons. The summed E-state index contributed by atoms with van der Waals surface area (Å²) in [5.41, 5.74) is 5.30. The van der Waals surface area contributed by atoms with Crippen LogP contribution in [0.5, 0.6) is 0 Å². The summed E-state index contributed by atoms with van der Waals surface area (Å²) >= 11 is 1.45. The standard InChI is InChI=1S/C8H12FN3S/c1-8(2,3)13-7-11-4-5(9)6(10)12-7/h4H,1-3H3,(H2,10,11,12). The zero-order chi connectivity index (χ0) is 10.1. The molecule has 0 aliphatic carbocycles. The summed E-state index contributed by atoms with van der Waals surface area (Å²) in [7, 11) is 0. The van der Waals surface area contributed by atoms with Gasteiger partial charge in [-0.2, -0.15) is 0 Å². The molecule has 13 heavy (non-hydrogen) atoms. The molecule has 1 aromatic heterocycles. The van der Waals surface area contributed by atoms with Gasteiger partial charge in [0.05, 0.1) is 6.20 Å². The summed E-state index contributed by atoms with van der Waals surface area (Å²) in [6.45, 7) is 6.09. The maximum atomic E-state index is 12.7. The fourth-order valence-electron chi connectivity index (χ4n) is 0.686. The van der Waals surface area contributed by atoms with E-state index in [2.05, 4.69) is 9.97 Å². The van der Waals surface area contributed by atoms with Crippen LogP contribution in [0.15, 0.2) is 11.4 Å². The van der Waals surface area contributed by atoms with E-state index >= 15 is 0 Å². The highest BCUT2D eigenvalue weighted by Gasteiger charge is 2.14. The Hall–Kier alpha value is -0.840. The second kappa shape index (κ2) is 3.49. The van der Waals surface area contributed by atoms with E-state index in [1.165, 1.54) is 11.8 Å². The van der Waals surface area contributed by atoms with Crippen LogP contribution >= 0.6 is 11.8 Å². The molecule has 0 fully saturated rings. The summed E-state index contributed by atoms with van der Waals surface area (Å²) in [6, 6.07) is 0. The minimum Gasteiger partial charge on any atom is -0.381 e. The number of anilines is 1. The smallest absolute Gasteiger partial charge is 0.190 e. The molecule has 0 saturated heterocycles. The van der Waals surface area contributed by atoms with Gasteiger partial charge in [-0.1, -0.05) is 32.5 Å². The van der Waals surface area contributed by atoms with Gasteiger partial charge in [-0.25, -0.2) is 14.4 Å². The summed E-state index contributed by atoms with van der Waals surface area (Å²) in [5, 5.41) is 0.506. The minimum atomic E-state index is -0.571. The number of nitrogens with zero attached hydrogens (tertiary/aromatic N) is 2. The first-order chi connectivity index (χ1) is 5.88. The summed E-state index contributed by atoms with van der Waals surface area (Å²) in [6.07, 6.45) is 1.09. The molecule has 0 atom stereocenters. The predicted molar refractivity (Wildman–Crippen MR) is 52.0 cm³/mol. The van der Waals surface area contributed by atoms with Gasteiger partial charge in [0, 0.05) is 4.75 Å². The Morgan fingerprint density at radius 2 is 2.08 bits per heavy atom. The van der Waals surface area contributed by atoms with Crippen LogP contribution in [-0.2, 0) is 0 Å². The van der Waals surface area contributed by atoms with E-state index < -0.39 is 5.82 Å². The van der Waals surface area contributed by atoms with Crippen LogP contribution in [0.1, 0.15) is 20.8 Å². The molecule has 1 aromatic rings. The van der Waals surface area contributed by atoms with Gasteiger partial charge >= 0.3 is 0 Å². The van der Waals surface area contributed by atoms with Crippen LogP contribution in [0.4, 0.5) is 10.2 Å². The summed E-state index contributed by atoms with van der Waals surface area (Å²) in [4.78, 5) is 7.63. The molecule has 0 spiro atoms. The monoisotopic (exact) mass is 201 g/mol. The van der Waals surface area contributed by atoms with Crippen LogP contribution in [0, 0.1) is 5.82 Å². The highest BCUT2D eigenvalue weighted by atomic mass is 32.2. The molecule has 0 aliphatic heterocycles. The van der Waals surface area contributed by atoms with E-state index in [4.69, 9.17) is 5.73 Å². The fraction of sp³-hybridized carbons (Fsp3) is 0.500. The zero-order valence-electron chi connectivity index (χ0n) is 7.84. The van der Waals surface area contributed by atoms with Crippen LogP contribution in [0.25, 0.3) is 0 Å². The van der Waals surface area contributed by atoms with Crippen molar-refractivity contribution >= 4 is 17.6 Å². The number of hydrogen-bond acceptors (Lipinski definition) is 4. The Labute approximate surface area is 81.0 Å². The van der Waals surface area contributed by atoms with Crippen molar-refractivity contribution in [2.24, 2.45) is 0 Å². The van der Waals surface area contributed by atoms with E-state index in [-0.39, 0.29) is 10.6 Å². The van der Waals surface area contributed by atoms with Crippen molar-refractivity contribution in [3.63, 3.8) is 0 Å². The Balaban J connectivity index is 2.86. The molecule has 1 rings (SSSR count). The van der Waals surface area contributed by atoms with Crippen molar-refractivity contribution in [3.05, 3.63) is 12.0 Å². The molecule has 0 bridgehead atoms. The average molecular weight is 201 g/mol. The lowest BCUT2D eigenvalue weighted by molar-refractivity contribution is 0.611. The number of aromatic nitrogens is 2. The van der Waals surface area contributed by atoms with E-state index in [0.29, 0.717) is 5.16 Å². The second-order valence-corrected chi connectivity index (χ2v) is 5.39. The second-order valence-electron chi connectivity index (χ2n) is 3.60. The first kappa shape index (κ1) is 10.2. The van der Waals surface area contributed by atoms with Gasteiger partial charge in [0.25, 0.3) is 0 Å². The van der Waals surface area contributed by atoms with Gasteiger partial charge in [-0.05, 0) is 0 Å². The van der Waals surface area contributed by atoms with Gasteiger partial charge in [-0.15, -0.1) is 0 Å². The maximum absolute atomic E-state index is 12.7. The molecule has 3 nitrogen and oxygen atoms in total. The molecule has 0 amide bonds. The highest BCUT2D eigenvalue weighted by Crippen LogP contribution is 2.29. The van der Waals surface area contributed by atoms with Crippen molar-refractivity contribution in [2.45, 2.75) is 30.7 Å². The third kappa shape index (κ3) is 3.18. The molecular formula is C8H12FN3S. The van der Waals surface area contributed by atoms with E-state index in [9.17, 15) is 4.39 Å². The van der Waals surface area contributed by atoms with Gasteiger partial charge in [0.15, 0.2) is 16.8 Å². The minimum absolute atomic E-state index is 0.00424. The van der Waals surface area contributed by atoms with Gasteiger partial charge < -0.3 is 5.73 Å². The topological polar surface area (TPSA) is 51.8 Å². The number of nitrogen functional groups attached to an aromatic ring is 1. The Bertz CT molecular complexity index is 309. The van der Waals surface area contributed by atoms with Crippen molar-refractivity contribution in [1.82, 2.24) is 9.97 Å². The molecular weight excluding hydrogens is 189 g/mol. The molecule has 0 unspecified atom stereocenters. The molecule has 0 aliphatic rings. The van der Waals surface area contributed by atoms with E-state index in [1.54, 1.807) is 0 Å². The molecule has 5 heteroatoms. The third-order valence-corrected chi connectivity index (χ3v) is 2.14. The highest BCUT2D eigenvalue weighted by molar-refractivity contribution is 8.00. The first-order valence-corrected chi connectivity index (χ1v) is 4.67. The van der Waals surface area contributed by atoms with Crippen LogP contribution < -0.4 is 5.73 Å². The Kier molecular flexibility index (Phi) is 2.75. The van der Waals surface area contributed by atoms with Gasteiger partial charge in [0.1, 0.15) is 0 Å². The molecule has 0 aromatic carbocycles. The normalized spacial score (nSPS) is 11.7. The van der Waals surface area contributed by atoms with Crippen LogP contribution in [0.3, 0.4) is 0 Å². The van der Waals surface area contributed by atoms with Crippen molar-refractivity contribution in [2.75, 3.05) is 5.73 Å². The summed E-state index contributed by atoms with van der Waals surface area (Å²) < 4.78 is 12.7. The number of hydrogen-bond donors (Lipinski definition) is 1. The first-order valence-electron chi connectivity index (χ1n) is 3.85. The predicted octanol–water partition coefficient (Wildman–Crippen LogP) is 2.09. The van der Waals surface area contributed by atoms with Crippen LogP contribution in [0.2, 0.25) is 0 Å². The lowest BCUT2D eigenvalue weighted by Crippen LogP contribution is -2.09. The van der Waals surface area contributed by atoms with Crippen molar-refractivity contribution in [3.8, 4) is 0 Å². The number of thioether (sulfide) groups is 1. The average Bonchev–Trinajstić information content (AvgIpc) is 1.94. The number of halogens is 1. The SMILES string of the molecule is CC(C)(C)Sc1ncc(F)c(N)n1. The zero-order valence-corrected chi connectivity index (χ0v) is 8.65. The molecule has 0 radical (unpaired) electrons. The van der Waals surface area contributed by atoms with Gasteiger partial charge in [0.2, 0.25) is 0 Å². The maximum Gasteiger partial charge on any atom is 0.190 e. The van der Waals surface area contributed by atoms with Crippen LogP contribution in [-0.4, -0.2) is 14.7 Å². The lowest BCUT2D eigenvalue weighted by Gasteiger charge is -2.15. The molecule has 2 N–H and O–H groups in total. The quantitative estimate of drug-likeness (QED) is 0.558. The fourth-order valence-corrected chi connectivity index (χ4v) is 1.48. The number of nitrogens with two attached hydrogens (primary N) is 1. The Morgan fingerprint density at radius 3 is 2.54 bits per heavy atom. The third-order valence-electron chi connectivity index (χ3n) is 1.15. The molecule has 1 heterocycles. The number of rotatable bonds is 1. The lowest BCUT2D eigenvalue weighted by atomic mass is 10.3. The Morgan fingerprint density at radius 1 is 1.46 bits per heavy atom.